The molecular formula is C17H12BrClN2O2. The van der Waals surface area contributed by atoms with E-state index in [1.807, 2.05) is 42.5 Å². The van der Waals surface area contributed by atoms with Crippen LogP contribution in [-0.4, -0.2) is 11.1 Å². The molecule has 0 radical (unpaired) electrons. The maximum absolute atomic E-state index is 12.0. The molecule has 0 atom stereocenters. The van der Waals surface area contributed by atoms with Crippen molar-refractivity contribution in [3.05, 3.63) is 69.8 Å². The monoisotopic (exact) mass is 390 g/mol. The van der Waals surface area contributed by atoms with Gasteiger partial charge in [0.2, 0.25) is 0 Å². The number of pyridine rings is 1. The van der Waals surface area contributed by atoms with Crippen molar-refractivity contribution in [2.45, 2.75) is 6.61 Å². The SMILES string of the molecule is O=C(Nc1nccc2c(Br)ccc(Cl)c12)OCc1ccccc1. The van der Waals surface area contributed by atoms with Crippen molar-refractivity contribution >= 4 is 50.2 Å². The normalized spacial score (nSPS) is 10.5. The van der Waals surface area contributed by atoms with Crippen LogP contribution in [0.4, 0.5) is 10.6 Å². The average molecular weight is 392 g/mol. The molecule has 0 fully saturated rings. The Labute approximate surface area is 146 Å². The molecular weight excluding hydrogens is 380 g/mol. The number of carbonyl (C=O) groups is 1. The summed E-state index contributed by atoms with van der Waals surface area (Å²) in [6, 6.07) is 14.9. The predicted octanol–water partition coefficient (Wildman–Crippen LogP) is 5.40. The zero-order chi connectivity index (χ0) is 16.2. The third kappa shape index (κ3) is 3.63. The number of nitrogens with zero attached hydrogens (tertiary/aromatic N) is 1. The van der Waals surface area contributed by atoms with Crippen molar-refractivity contribution in [2.75, 3.05) is 5.32 Å². The minimum Gasteiger partial charge on any atom is -0.444 e. The van der Waals surface area contributed by atoms with Gasteiger partial charge in [-0.1, -0.05) is 57.9 Å². The molecule has 0 spiro atoms. The summed E-state index contributed by atoms with van der Waals surface area (Å²) in [5.41, 5.74) is 0.911. The number of benzene rings is 2. The Bertz CT molecular complexity index is 856. The van der Waals surface area contributed by atoms with Crippen LogP contribution in [0, 0.1) is 0 Å². The van der Waals surface area contributed by atoms with Gasteiger partial charge in [0.25, 0.3) is 0 Å². The van der Waals surface area contributed by atoms with Crippen molar-refractivity contribution in [2.24, 2.45) is 0 Å². The van der Waals surface area contributed by atoms with Gasteiger partial charge in [0.15, 0.2) is 0 Å². The first-order valence-electron chi connectivity index (χ1n) is 6.85. The zero-order valence-corrected chi connectivity index (χ0v) is 14.3. The van der Waals surface area contributed by atoms with Gasteiger partial charge in [-0.3, -0.25) is 5.32 Å². The third-order valence-electron chi connectivity index (χ3n) is 3.26. The first-order valence-corrected chi connectivity index (χ1v) is 8.02. The van der Waals surface area contributed by atoms with E-state index >= 15 is 0 Å². The molecule has 0 aliphatic carbocycles. The summed E-state index contributed by atoms with van der Waals surface area (Å²) in [4.78, 5) is 16.2. The highest BCUT2D eigenvalue weighted by molar-refractivity contribution is 9.10. The smallest absolute Gasteiger partial charge is 0.413 e. The number of hydrogen-bond donors (Lipinski definition) is 1. The second-order valence-electron chi connectivity index (χ2n) is 4.80. The number of hydrogen-bond acceptors (Lipinski definition) is 3. The molecule has 0 saturated carbocycles. The number of fused-ring (bicyclic) bond motifs is 1. The standard InChI is InChI=1S/C17H12BrClN2O2/c18-13-6-7-14(19)15-12(13)8-9-20-16(15)21-17(22)23-10-11-4-2-1-3-5-11/h1-9H,10H2,(H,20,21,22). The van der Waals surface area contributed by atoms with Crippen LogP contribution in [-0.2, 0) is 11.3 Å². The Morgan fingerprint density at radius 1 is 1.17 bits per heavy atom. The lowest BCUT2D eigenvalue weighted by Gasteiger charge is -2.10. The van der Waals surface area contributed by atoms with Crippen molar-refractivity contribution in [1.82, 2.24) is 4.98 Å². The highest BCUT2D eigenvalue weighted by atomic mass is 79.9. The molecule has 0 aliphatic heterocycles. The number of halogens is 2. The third-order valence-corrected chi connectivity index (χ3v) is 4.26. The van der Waals surface area contributed by atoms with Crippen LogP contribution in [0.3, 0.4) is 0 Å². The first-order chi connectivity index (χ1) is 11.1. The summed E-state index contributed by atoms with van der Waals surface area (Å²) >= 11 is 9.70. The minimum atomic E-state index is -0.579. The van der Waals surface area contributed by atoms with Crippen LogP contribution in [0.5, 0.6) is 0 Å². The molecule has 116 valence electrons. The van der Waals surface area contributed by atoms with Gasteiger partial charge in [-0.25, -0.2) is 9.78 Å². The lowest BCUT2D eigenvalue weighted by atomic mass is 10.1. The van der Waals surface area contributed by atoms with E-state index in [0.717, 1.165) is 15.4 Å². The predicted molar refractivity (Wildman–Crippen MR) is 94.7 cm³/mol. The van der Waals surface area contributed by atoms with Gasteiger partial charge in [-0.15, -0.1) is 0 Å². The number of aromatic nitrogens is 1. The molecule has 1 aromatic heterocycles. The largest absolute Gasteiger partial charge is 0.444 e. The van der Waals surface area contributed by atoms with Gasteiger partial charge in [0.05, 0.1) is 5.02 Å². The quantitative estimate of drug-likeness (QED) is 0.650. The van der Waals surface area contributed by atoms with Crippen molar-refractivity contribution in [3.8, 4) is 0 Å². The van der Waals surface area contributed by atoms with E-state index in [1.54, 1.807) is 12.3 Å². The second kappa shape index (κ2) is 6.98. The lowest BCUT2D eigenvalue weighted by molar-refractivity contribution is 0.155. The van der Waals surface area contributed by atoms with E-state index in [0.29, 0.717) is 16.2 Å². The van der Waals surface area contributed by atoms with Crippen LogP contribution in [0.2, 0.25) is 5.02 Å². The van der Waals surface area contributed by atoms with Gasteiger partial charge in [-0.2, -0.15) is 0 Å². The van der Waals surface area contributed by atoms with E-state index in [9.17, 15) is 4.79 Å². The van der Waals surface area contributed by atoms with E-state index in [1.165, 1.54) is 0 Å². The van der Waals surface area contributed by atoms with Gasteiger partial charge < -0.3 is 4.74 Å². The highest BCUT2D eigenvalue weighted by Crippen LogP contribution is 2.33. The van der Waals surface area contributed by atoms with Gasteiger partial charge in [-0.05, 0) is 23.8 Å². The molecule has 4 nitrogen and oxygen atoms in total. The summed E-state index contributed by atoms with van der Waals surface area (Å²) in [6.45, 7) is 0.189. The van der Waals surface area contributed by atoms with E-state index < -0.39 is 6.09 Å². The number of rotatable bonds is 3. The summed E-state index contributed by atoms with van der Waals surface area (Å²) < 4.78 is 6.08. The molecule has 3 rings (SSSR count). The Balaban J connectivity index is 1.79. The maximum Gasteiger partial charge on any atom is 0.413 e. The Kier molecular flexibility index (Phi) is 4.79. The second-order valence-corrected chi connectivity index (χ2v) is 6.06. The van der Waals surface area contributed by atoms with Crippen molar-refractivity contribution < 1.29 is 9.53 Å². The summed E-state index contributed by atoms with van der Waals surface area (Å²) in [5, 5.41) is 4.69. The molecule has 1 N–H and O–H groups in total. The Hall–Kier alpha value is -2.11. The van der Waals surface area contributed by atoms with Crippen LogP contribution in [0.15, 0.2) is 59.2 Å². The molecule has 23 heavy (non-hydrogen) atoms. The maximum atomic E-state index is 12.0. The van der Waals surface area contributed by atoms with E-state index in [-0.39, 0.29) is 6.61 Å². The van der Waals surface area contributed by atoms with Crippen LogP contribution >= 0.6 is 27.5 Å². The van der Waals surface area contributed by atoms with Crippen LogP contribution in [0.25, 0.3) is 10.8 Å². The number of carbonyl (C=O) groups excluding carboxylic acids is 1. The first kappa shape index (κ1) is 15.8. The van der Waals surface area contributed by atoms with Crippen molar-refractivity contribution in [1.29, 1.82) is 0 Å². The molecule has 1 amide bonds. The van der Waals surface area contributed by atoms with Gasteiger partial charge >= 0.3 is 6.09 Å². The van der Waals surface area contributed by atoms with E-state index in [2.05, 4.69) is 26.2 Å². The number of anilines is 1. The fourth-order valence-electron chi connectivity index (χ4n) is 2.17. The number of ether oxygens (including phenoxy) is 1. The molecule has 2 aromatic carbocycles. The highest BCUT2D eigenvalue weighted by Gasteiger charge is 2.12. The van der Waals surface area contributed by atoms with Crippen LogP contribution < -0.4 is 5.32 Å². The molecule has 6 heteroatoms. The fourth-order valence-corrected chi connectivity index (χ4v) is 2.89. The van der Waals surface area contributed by atoms with E-state index in [4.69, 9.17) is 16.3 Å². The summed E-state index contributed by atoms with van der Waals surface area (Å²) in [5.74, 6) is 0.367. The molecule has 0 aliphatic rings. The lowest BCUT2D eigenvalue weighted by Crippen LogP contribution is -2.14. The van der Waals surface area contributed by atoms with Crippen LogP contribution in [0.1, 0.15) is 5.56 Å². The Morgan fingerprint density at radius 2 is 1.96 bits per heavy atom. The fraction of sp³-hybridized carbons (Fsp3) is 0.0588. The molecule has 0 unspecified atom stereocenters. The molecule has 1 heterocycles. The minimum absolute atomic E-state index is 0.189. The average Bonchev–Trinajstić information content (AvgIpc) is 2.57. The van der Waals surface area contributed by atoms with Gasteiger partial charge in [0.1, 0.15) is 12.4 Å². The molecule has 0 saturated heterocycles. The number of nitrogens with one attached hydrogen (secondary N) is 1. The summed E-state index contributed by atoms with van der Waals surface area (Å²) in [7, 11) is 0. The Morgan fingerprint density at radius 3 is 2.74 bits per heavy atom. The molecule has 0 bridgehead atoms. The zero-order valence-electron chi connectivity index (χ0n) is 11.9. The topological polar surface area (TPSA) is 51.2 Å². The molecule has 3 aromatic rings. The van der Waals surface area contributed by atoms with Gasteiger partial charge in [0, 0.05) is 21.4 Å². The van der Waals surface area contributed by atoms with Crippen molar-refractivity contribution in [3.63, 3.8) is 0 Å². The number of amides is 1. The summed E-state index contributed by atoms with van der Waals surface area (Å²) in [6.07, 6.45) is 1.03.